The number of anilines is 1. The molecule has 3 aromatic carbocycles. The zero-order chi connectivity index (χ0) is 45.0. The summed E-state index contributed by atoms with van der Waals surface area (Å²) in [6.45, 7) is 22.5. The number of nitrogens with zero attached hydrogens (tertiary/aromatic N) is 5. The van der Waals surface area contributed by atoms with Crippen molar-refractivity contribution in [2.45, 2.75) is 141 Å². The maximum Gasteiger partial charge on any atom is 0.410 e. The first-order chi connectivity index (χ1) is 30.0. The van der Waals surface area contributed by atoms with Gasteiger partial charge in [0.1, 0.15) is 43.2 Å². The topological polar surface area (TPSA) is 89.5 Å². The summed E-state index contributed by atoms with van der Waals surface area (Å²) >= 11 is 0. The van der Waals surface area contributed by atoms with Crippen molar-refractivity contribution in [1.29, 1.82) is 0 Å². The van der Waals surface area contributed by atoms with Crippen LogP contribution in [0.15, 0.2) is 36.4 Å². The lowest BCUT2D eigenvalue weighted by Crippen LogP contribution is -2.57. The first kappa shape index (κ1) is 45.1. The molecule has 2 bridgehead atoms. The molecule has 1 amide bonds. The van der Waals surface area contributed by atoms with E-state index in [2.05, 4.69) is 62.8 Å². The van der Waals surface area contributed by atoms with Crippen molar-refractivity contribution < 1.29 is 32.5 Å². The molecule has 4 aliphatic rings. The highest BCUT2D eigenvalue weighted by atomic mass is 28.3. The predicted octanol–water partition coefficient (Wildman–Crippen LogP) is 10.9. The molecule has 0 radical (unpaired) electrons. The van der Waals surface area contributed by atoms with Gasteiger partial charge in [0.15, 0.2) is 12.6 Å². The second-order valence-corrected chi connectivity index (χ2v) is 25.8. The molecule has 0 spiro atoms. The Hall–Kier alpha value is -4.51. The molecule has 0 N–H and O–H groups in total. The van der Waals surface area contributed by atoms with Gasteiger partial charge in [0.05, 0.1) is 23.2 Å². The number of halogens is 2. The van der Waals surface area contributed by atoms with Crippen LogP contribution in [-0.4, -0.2) is 104 Å². The van der Waals surface area contributed by atoms with Crippen molar-refractivity contribution in [1.82, 2.24) is 19.8 Å². The molecule has 2 unspecified atom stereocenters. The third-order valence-electron chi connectivity index (χ3n) is 14.4. The third-order valence-corrected chi connectivity index (χ3v) is 20.7. The molecule has 13 heteroatoms. The molecule has 4 aromatic rings. The fourth-order valence-electron chi connectivity index (χ4n) is 11.5. The van der Waals surface area contributed by atoms with Gasteiger partial charge in [-0.1, -0.05) is 59.6 Å². The van der Waals surface area contributed by atoms with E-state index in [-0.39, 0.29) is 53.2 Å². The van der Waals surface area contributed by atoms with E-state index >= 15 is 8.78 Å². The number of hydrogen-bond donors (Lipinski definition) is 0. The quantitative estimate of drug-likeness (QED) is 0.0830. The van der Waals surface area contributed by atoms with E-state index in [0.717, 1.165) is 51.6 Å². The lowest BCUT2D eigenvalue weighted by Gasteiger charge is -2.42. The summed E-state index contributed by atoms with van der Waals surface area (Å²) in [4.78, 5) is 29.9. The van der Waals surface area contributed by atoms with Gasteiger partial charge in [0, 0.05) is 36.5 Å². The highest BCUT2D eigenvalue weighted by Crippen LogP contribution is 2.45. The first-order valence-corrected chi connectivity index (χ1v) is 25.3. The van der Waals surface area contributed by atoms with Gasteiger partial charge in [-0.15, -0.1) is 5.54 Å². The molecule has 0 aliphatic carbocycles. The van der Waals surface area contributed by atoms with E-state index in [1.165, 1.54) is 6.07 Å². The summed E-state index contributed by atoms with van der Waals surface area (Å²) in [6.07, 6.45) is 5.64. The summed E-state index contributed by atoms with van der Waals surface area (Å²) < 4.78 is 58.0. The Balaban J connectivity index is 1.29. The van der Waals surface area contributed by atoms with Gasteiger partial charge >= 0.3 is 12.1 Å². The highest BCUT2D eigenvalue weighted by molar-refractivity contribution is 6.90. The zero-order valence-corrected chi connectivity index (χ0v) is 39.9. The van der Waals surface area contributed by atoms with Crippen molar-refractivity contribution >= 4 is 41.7 Å². The Morgan fingerprint density at radius 3 is 2.19 bits per heavy atom. The van der Waals surface area contributed by atoms with Crippen LogP contribution in [0.5, 0.6) is 11.8 Å². The number of fused-ring (bicyclic) bond motifs is 5. The van der Waals surface area contributed by atoms with Crippen LogP contribution in [0.3, 0.4) is 0 Å². The number of ether oxygens (including phenoxy) is 4. The van der Waals surface area contributed by atoms with E-state index in [0.29, 0.717) is 69.6 Å². The molecule has 1 aromatic heterocycles. The maximum atomic E-state index is 17.9. The van der Waals surface area contributed by atoms with E-state index in [9.17, 15) is 4.79 Å². The molecule has 4 aliphatic heterocycles. The summed E-state index contributed by atoms with van der Waals surface area (Å²) in [7, 11) is -0.746. The van der Waals surface area contributed by atoms with Crippen LogP contribution in [0.2, 0.25) is 16.6 Å². The standard InChI is InChI=1S/C50H65F2N5O5Si/c1-31(2)63(32(3)4,33(5)6)24-19-39-42(51)18-13-34-25-37(61-30-59-10)26-41(43(34)39)38-16-17-40-45(44(38)52)53-47(60-29-50-20-11-22-56(50)23-12-21-50)54-46(40)55-27-35-14-15-36(28-55)57(35)48(58)62-49(7,8)9/h13,16-18,25-26,31-33,35-36H,11-12,14-15,20-23,27-30H2,1-10H3. The first-order valence-electron chi connectivity index (χ1n) is 23.0. The summed E-state index contributed by atoms with van der Waals surface area (Å²) in [6, 6.07) is 10.2. The highest BCUT2D eigenvalue weighted by Gasteiger charge is 2.47. The summed E-state index contributed by atoms with van der Waals surface area (Å²) in [5.41, 5.74) is 5.02. The fourth-order valence-corrected chi connectivity index (χ4v) is 16.8. The van der Waals surface area contributed by atoms with Gasteiger partial charge in [-0.3, -0.25) is 9.80 Å². The van der Waals surface area contributed by atoms with Gasteiger partial charge in [0.25, 0.3) is 0 Å². The van der Waals surface area contributed by atoms with E-state index in [4.69, 9.17) is 28.9 Å². The number of hydrogen-bond acceptors (Lipinski definition) is 9. The number of aromatic nitrogens is 2. The zero-order valence-electron chi connectivity index (χ0n) is 38.9. The average Bonchev–Trinajstić information content (AvgIpc) is 3.89. The minimum absolute atomic E-state index is 0.0241. The van der Waals surface area contributed by atoms with Gasteiger partial charge in [-0.2, -0.15) is 9.97 Å². The van der Waals surface area contributed by atoms with Crippen molar-refractivity contribution in [2.75, 3.05) is 51.6 Å². The second kappa shape index (κ2) is 17.5. The van der Waals surface area contributed by atoms with Crippen molar-refractivity contribution in [2.24, 2.45) is 0 Å². The SMILES string of the molecule is COCOc1cc(-c2ccc3c(N4CC5CCC(C4)N5C(=O)OC(C)(C)C)nc(OCC45CCCN4CCC5)nc3c2F)c2c(C#C[Si](C(C)C)(C(C)C)C(C)C)c(F)ccc2c1. The van der Waals surface area contributed by atoms with Gasteiger partial charge < -0.3 is 23.8 Å². The number of carbonyl (C=O) groups is 1. The lowest BCUT2D eigenvalue weighted by atomic mass is 9.93. The fraction of sp³-hybridized carbons (Fsp3) is 0.580. The Morgan fingerprint density at radius 2 is 1.57 bits per heavy atom. The van der Waals surface area contributed by atoms with Crippen LogP contribution in [0.1, 0.15) is 106 Å². The molecule has 5 heterocycles. The van der Waals surface area contributed by atoms with Crippen LogP contribution < -0.4 is 14.4 Å². The summed E-state index contributed by atoms with van der Waals surface area (Å²) in [5.74, 6) is 3.35. The van der Waals surface area contributed by atoms with Crippen molar-refractivity contribution in [3.63, 3.8) is 0 Å². The minimum Gasteiger partial charge on any atom is -0.468 e. The average molecular weight is 882 g/mol. The van der Waals surface area contributed by atoms with Gasteiger partial charge in [0.2, 0.25) is 0 Å². The predicted molar refractivity (Wildman–Crippen MR) is 248 cm³/mol. The van der Waals surface area contributed by atoms with Crippen LogP contribution in [-0.2, 0) is 9.47 Å². The van der Waals surface area contributed by atoms with Gasteiger partial charge in [-0.25, -0.2) is 13.6 Å². The molecule has 0 saturated carbocycles. The normalized spacial score (nSPS) is 20.0. The van der Waals surface area contributed by atoms with Crippen LogP contribution >= 0.6 is 0 Å². The number of amides is 1. The van der Waals surface area contributed by atoms with Crippen molar-refractivity contribution in [3.8, 4) is 34.4 Å². The van der Waals surface area contributed by atoms with Gasteiger partial charge in [-0.05, 0) is 124 Å². The Bertz CT molecular complexity index is 2400. The summed E-state index contributed by atoms with van der Waals surface area (Å²) in [5, 5.41) is 1.70. The van der Waals surface area contributed by atoms with Crippen molar-refractivity contribution in [3.05, 3.63) is 53.6 Å². The smallest absolute Gasteiger partial charge is 0.410 e. The lowest BCUT2D eigenvalue weighted by molar-refractivity contribution is 0.0122. The molecule has 4 fully saturated rings. The Labute approximate surface area is 373 Å². The molecule has 2 atom stereocenters. The number of benzene rings is 3. The Morgan fingerprint density at radius 1 is 0.905 bits per heavy atom. The third kappa shape index (κ3) is 8.36. The van der Waals surface area contributed by atoms with E-state index in [1.807, 2.05) is 37.8 Å². The molecule has 8 rings (SSSR count). The number of rotatable bonds is 11. The van der Waals surface area contributed by atoms with Crippen LogP contribution in [0, 0.1) is 23.1 Å². The molecular formula is C50H65F2N5O5Si. The number of methoxy groups -OCH3 is 1. The second-order valence-electron chi connectivity index (χ2n) is 20.2. The van der Waals surface area contributed by atoms with E-state index in [1.54, 1.807) is 25.3 Å². The van der Waals surface area contributed by atoms with E-state index < -0.39 is 25.3 Å². The largest absolute Gasteiger partial charge is 0.468 e. The monoisotopic (exact) mass is 881 g/mol. The molecule has 10 nitrogen and oxygen atoms in total. The van der Waals surface area contributed by atoms with Crippen LogP contribution in [0.25, 0.3) is 32.8 Å². The number of carbonyl (C=O) groups excluding carboxylic acids is 1. The minimum atomic E-state index is -2.29. The molecule has 63 heavy (non-hydrogen) atoms. The maximum absolute atomic E-state index is 17.9. The molecule has 338 valence electrons. The Kier molecular flexibility index (Phi) is 12.5. The molecular weight excluding hydrogens is 817 g/mol. The van der Waals surface area contributed by atoms with Crippen LogP contribution in [0.4, 0.5) is 19.4 Å². The molecule has 4 saturated heterocycles. The number of piperazine rings is 1.